The largest absolute Gasteiger partial charge is 0.308 e. The number of benzene rings is 1. The van der Waals surface area contributed by atoms with E-state index in [9.17, 15) is 0 Å². The Bertz CT molecular complexity index is 419. The third-order valence-electron chi connectivity index (χ3n) is 3.43. The zero-order chi connectivity index (χ0) is 13.9. The minimum Gasteiger partial charge on any atom is -0.308 e. The summed E-state index contributed by atoms with van der Waals surface area (Å²) in [5, 5.41) is 4.42. The van der Waals surface area contributed by atoms with Crippen LogP contribution in [0.15, 0.2) is 27.6 Å². The molecule has 0 atom stereocenters. The Hall–Kier alpha value is 0.01000. The number of hydrogen-bond acceptors (Lipinski definition) is 2. The van der Waals surface area contributed by atoms with Crippen molar-refractivity contribution in [2.45, 2.75) is 68.7 Å². The smallest absolute Gasteiger partial charge is 0.0221 e. The predicted octanol–water partition coefficient (Wildman–Crippen LogP) is 5.37. The third-order valence-corrected chi connectivity index (χ3v) is 5.37. The number of rotatable bonds is 4. The molecule has 2 rings (SSSR count). The molecule has 106 valence electrons. The van der Waals surface area contributed by atoms with Gasteiger partial charge in [-0.1, -0.05) is 34.8 Å². The van der Waals surface area contributed by atoms with Crippen molar-refractivity contribution >= 4 is 27.7 Å². The van der Waals surface area contributed by atoms with Crippen molar-refractivity contribution < 1.29 is 0 Å². The number of halogens is 1. The minimum absolute atomic E-state index is 0.169. The van der Waals surface area contributed by atoms with Gasteiger partial charge < -0.3 is 5.32 Å². The molecule has 1 fully saturated rings. The molecule has 1 aliphatic rings. The lowest BCUT2D eigenvalue weighted by molar-refractivity contribution is 0.422. The standard InChI is InChI=1S/C16H24BrNS/c1-16(2,3)18-11-12-8-9-13(17)10-15(12)19-14-6-4-5-7-14/h8-10,14,18H,4-7,11H2,1-3H3. The SMILES string of the molecule is CC(C)(C)NCc1ccc(Br)cc1SC1CCCC1. The molecule has 0 heterocycles. The van der Waals surface area contributed by atoms with Crippen LogP contribution in [-0.2, 0) is 6.54 Å². The summed E-state index contributed by atoms with van der Waals surface area (Å²) in [6.45, 7) is 7.60. The average Bonchev–Trinajstić information content (AvgIpc) is 2.79. The van der Waals surface area contributed by atoms with Gasteiger partial charge in [0.1, 0.15) is 0 Å². The average molecular weight is 342 g/mol. The topological polar surface area (TPSA) is 12.0 Å². The molecule has 1 aromatic carbocycles. The van der Waals surface area contributed by atoms with E-state index in [0.717, 1.165) is 11.8 Å². The normalized spacial score (nSPS) is 17.1. The van der Waals surface area contributed by atoms with Crippen LogP contribution in [0.1, 0.15) is 52.0 Å². The molecule has 0 aliphatic heterocycles. The lowest BCUT2D eigenvalue weighted by atomic mass is 10.1. The fraction of sp³-hybridized carbons (Fsp3) is 0.625. The maximum Gasteiger partial charge on any atom is 0.0221 e. The highest BCUT2D eigenvalue weighted by molar-refractivity contribution is 9.10. The van der Waals surface area contributed by atoms with E-state index in [1.807, 2.05) is 0 Å². The number of nitrogens with one attached hydrogen (secondary N) is 1. The molecule has 0 amide bonds. The van der Waals surface area contributed by atoms with Crippen LogP contribution in [0, 0.1) is 0 Å². The monoisotopic (exact) mass is 341 g/mol. The van der Waals surface area contributed by atoms with Gasteiger partial charge in [-0.25, -0.2) is 0 Å². The Labute approximate surface area is 130 Å². The zero-order valence-corrected chi connectivity index (χ0v) is 14.5. The van der Waals surface area contributed by atoms with Gasteiger partial charge in [0, 0.05) is 26.7 Å². The van der Waals surface area contributed by atoms with Crippen molar-refractivity contribution in [3.8, 4) is 0 Å². The molecule has 0 saturated heterocycles. The van der Waals surface area contributed by atoms with Crippen molar-refractivity contribution in [2.24, 2.45) is 0 Å². The first-order valence-electron chi connectivity index (χ1n) is 7.14. The van der Waals surface area contributed by atoms with E-state index in [0.29, 0.717) is 0 Å². The second kappa shape index (κ2) is 6.64. The van der Waals surface area contributed by atoms with Gasteiger partial charge in [0.15, 0.2) is 0 Å². The van der Waals surface area contributed by atoms with Crippen LogP contribution in [0.3, 0.4) is 0 Å². The van der Waals surface area contributed by atoms with E-state index in [2.05, 4.69) is 72.0 Å². The summed E-state index contributed by atoms with van der Waals surface area (Å²) in [4.78, 5) is 1.44. The molecule has 0 aromatic heterocycles. The van der Waals surface area contributed by atoms with Crippen LogP contribution < -0.4 is 5.32 Å². The maximum absolute atomic E-state index is 3.60. The summed E-state index contributed by atoms with van der Waals surface area (Å²) in [6, 6.07) is 6.68. The fourth-order valence-electron chi connectivity index (χ4n) is 2.33. The Morgan fingerprint density at radius 2 is 1.95 bits per heavy atom. The Morgan fingerprint density at radius 3 is 2.58 bits per heavy atom. The molecule has 0 unspecified atom stereocenters. The zero-order valence-electron chi connectivity index (χ0n) is 12.1. The molecule has 1 aromatic rings. The second-order valence-corrected chi connectivity index (χ2v) is 8.64. The number of thioether (sulfide) groups is 1. The molecule has 1 aliphatic carbocycles. The van der Waals surface area contributed by atoms with Crippen LogP contribution in [0.4, 0.5) is 0 Å². The first-order chi connectivity index (χ1) is 8.94. The second-order valence-electron chi connectivity index (χ2n) is 6.38. The van der Waals surface area contributed by atoms with Crippen LogP contribution in [-0.4, -0.2) is 10.8 Å². The van der Waals surface area contributed by atoms with Crippen molar-refractivity contribution in [3.05, 3.63) is 28.2 Å². The van der Waals surface area contributed by atoms with Gasteiger partial charge in [-0.2, -0.15) is 0 Å². The van der Waals surface area contributed by atoms with E-state index < -0.39 is 0 Å². The fourth-order valence-corrected chi connectivity index (χ4v) is 4.26. The number of hydrogen-bond donors (Lipinski definition) is 1. The van der Waals surface area contributed by atoms with Crippen LogP contribution in [0.5, 0.6) is 0 Å². The molecule has 1 N–H and O–H groups in total. The summed E-state index contributed by atoms with van der Waals surface area (Å²) in [5.74, 6) is 0. The van der Waals surface area contributed by atoms with Gasteiger partial charge in [-0.3, -0.25) is 0 Å². The van der Waals surface area contributed by atoms with Crippen LogP contribution in [0.2, 0.25) is 0 Å². The summed E-state index contributed by atoms with van der Waals surface area (Å²) in [6.07, 6.45) is 5.56. The third kappa shape index (κ3) is 5.13. The van der Waals surface area contributed by atoms with Crippen molar-refractivity contribution in [3.63, 3.8) is 0 Å². The Kier molecular flexibility index (Phi) is 5.38. The molecular weight excluding hydrogens is 318 g/mol. The Morgan fingerprint density at radius 1 is 1.26 bits per heavy atom. The maximum atomic E-state index is 3.60. The van der Waals surface area contributed by atoms with E-state index in [4.69, 9.17) is 0 Å². The van der Waals surface area contributed by atoms with E-state index in [-0.39, 0.29) is 5.54 Å². The van der Waals surface area contributed by atoms with E-state index in [1.165, 1.54) is 40.6 Å². The quantitative estimate of drug-likeness (QED) is 0.789. The highest BCUT2D eigenvalue weighted by Crippen LogP contribution is 2.37. The molecule has 0 spiro atoms. The first-order valence-corrected chi connectivity index (χ1v) is 8.81. The van der Waals surface area contributed by atoms with E-state index >= 15 is 0 Å². The van der Waals surface area contributed by atoms with Crippen molar-refractivity contribution in [2.75, 3.05) is 0 Å². The van der Waals surface area contributed by atoms with Gasteiger partial charge in [-0.05, 0) is 51.3 Å². The van der Waals surface area contributed by atoms with Crippen molar-refractivity contribution in [1.82, 2.24) is 5.32 Å². The molecular formula is C16H24BrNS. The molecule has 19 heavy (non-hydrogen) atoms. The van der Waals surface area contributed by atoms with E-state index in [1.54, 1.807) is 0 Å². The molecule has 0 bridgehead atoms. The summed E-state index contributed by atoms with van der Waals surface area (Å²) >= 11 is 5.68. The lowest BCUT2D eigenvalue weighted by Crippen LogP contribution is -2.35. The van der Waals surface area contributed by atoms with Crippen LogP contribution >= 0.6 is 27.7 Å². The first kappa shape index (κ1) is 15.4. The summed E-state index contributed by atoms with van der Waals surface area (Å²) in [7, 11) is 0. The Balaban J connectivity index is 2.08. The lowest BCUT2D eigenvalue weighted by Gasteiger charge is -2.22. The van der Waals surface area contributed by atoms with Gasteiger partial charge in [0.2, 0.25) is 0 Å². The predicted molar refractivity (Wildman–Crippen MR) is 88.8 cm³/mol. The summed E-state index contributed by atoms with van der Waals surface area (Å²) in [5.41, 5.74) is 1.59. The molecule has 0 radical (unpaired) electrons. The van der Waals surface area contributed by atoms with Gasteiger partial charge in [0.25, 0.3) is 0 Å². The molecule has 3 heteroatoms. The highest BCUT2D eigenvalue weighted by Gasteiger charge is 2.18. The van der Waals surface area contributed by atoms with Crippen LogP contribution in [0.25, 0.3) is 0 Å². The summed E-state index contributed by atoms with van der Waals surface area (Å²) < 4.78 is 1.19. The highest BCUT2D eigenvalue weighted by atomic mass is 79.9. The molecule has 1 nitrogen and oxygen atoms in total. The van der Waals surface area contributed by atoms with Gasteiger partial charge in [-0.15, -0.1) is 11.8 Å². The minimum atomic E-state index is 0.169. The van der Waals surface area contributed by atoms with Gasteiger partial charge >= 0.3 is 0 Å². The van der Waals surface area contributed by atoms with Crippen molar-refractivity contribution in [1.29, 1.82) is 0 Å². The molecule has 1 saturated carbocycles. The van der Waals surface area contributed by atoms with Gasteiger partial charge in [0.05, 0.1) is 0 Å².